The van der Waals surface area contributed by atoms with Crippen molar-refractivity contribution in [3.63, 3.8) is 0 Å². The predicted octanol–water partition coefficient (Wildman–Crippen LogP) is 3.63. The second kappa shape index (κ2) is 30.7. The predicted molar refractivity (Wildman–Crippen MR) is 154 cm³/mol. The molecule has 0 aliphatic heterocycles. The van der Waals surface area contributed by atoms with Gasteiger partial charge in [0.1, 0.15) is 0 Å². The molecule has 0 radical (unpaired) electrons. The van der Waals surface area contributed by atoms with Crippen molar-refractivity contribution in [2.75, 3.05) is 53.9 Å². The Kier molecular flexibility index (Phi) is 37.4. The number of nitrogens with zero attached hydrogens (tertiary/aromatic N) is 2. The van der Waals surface area contributed by atoms with E-state index in [1.54, 1.807) is 0 Å². The van der Waals surface area contributed by atoms with Gasteiger partial charge in [-0.2, -0.15) is 0 Å². The van der Waals surface area contributed by atoms with Crippen molar-refractivity contribution in [1.29, 1.82) is 0 Å². The molecule has 0 aromatic rings. The van der Waals surface area contributed by atoms with Crippen LogP contribution in [0.3, 0.4) is 0 Å². The molecular weight excluding hydrogens is 471 g/mol. The molecule has 0 saturated carbocycles. The third-order valence-electron chi connectivity index (χ3n) is 7.13. The van der Waals surface area contributed by atoms with E-state index in [1.165, 1.54) is 153 Å². The molecule has 2 nitrogen and oxygen atoms in total. The average molecular weight is 542 g/mol. The van der Waals surface area contributed by atoms with E-state index in [0.717, 1.165) is 4.48 Å². The van der Waals surface area contributed by atoms with Crippen LogP contribution in [0.25, 0.3) is 0 Å². The number of halogens is 2. The fourth-order valence-corrected chi connectivity index (χ4v) is 4.72. The van der Waals surface area contributed by atoms with Gasteiger partial charge in [0.15, 0.2) is 0 Å². The molecule has 0 aliphatic carbocycles. The standard InChI is InChI=1S/C16H36N.C15H34N.2ClH/c1-5-9-13-17(14-10-6-2,15-11-7-3)16-12-8-4;1-5-6-7-8-9-10-11-12-13-14-15-16(2,3)4;;/h5-16H2,1-4H3;5-15H2,1-4H3;2*1H/q2*+1;;/p-2. The average Bonchev–Trinajstić information content (AvgIpc) is 2.79. The molecule has 0 unspecified atom stereocenters. The number of hydrogen-bond acceptors (Lipinski definition) is 0. The summed E-state index contributed by atoms with van der Waals surface area (Å²) in [6.07, 6.45) is 25.5. The smallest absolute Gasteiger partial charge is 0.0786 e. The monoisotopic (exact) mass is 540 g/mol. The summed E-state index contributed by atoms with van der Waals surface area (Å²) in [4.78, 5) is 0. The first kappa shape index (κ1) is 42.6. The highest BCUT2D eigenvalue weighted by Gasteiger charge is 2.24. The molecule has 0 amide bonds. The van der Waals surface area contributed by atoms with Gasteiger partial charge >= 0.3 is 0 Å². The summed E-state index contributed by atoms with van der Waals surface area (Å²) in [5.74, 6) is 0. The summed E-state index contributed by atoms with van der Waals surface area (Å²) in [7, 11) is 6.86. The first-order valence-electron chi connectivity index (χ1n) is 15.5. The Balaban J connectivity index is -0.000000260. The lowest BCUT2D eigenvalue weighted by Gasteiger charge is -2.39. The molecule has 4 heteroatoms. The molecule has 35 heavy (non-hydrogen) atoms. The number of rotatable bonds is 23. The third kappa shape index (κ3) is 32.5. The molecule has 0 aromatic heterocycles. The zero-order valence-electron chi connectivity index (χ0n) is 25.9. The van der Waals surface area contributed by atoms with Crippen LogP contribution in [0, 0.1) is 0 Å². The Labute approximate surface area is 237 Å². The minimum Gasteiger partial charge on any atom is -1.00 e. The van der Waals surface area contributed by atoms with E-state index < -0.39 is 0 Å². The number of unbranched alkanes of at least 4 members (excludes halogenated alkanes) is 13. The summed E-state index contributed by atoms with van der Waals surface area (Å²) in [6.45, 7) is 18.6. The van der Waals surface area contributed by atoms with Gasteiger partial charge in [0.2, 0.25) is 0 Å². The SMILES string of the molecule is CCCCCCCCCCCC[N+](C)(C)C.CCCC[N+](CCCC)(CCCC)CCCC.[Cl-].[Cl-]. The van der Waals surface area contributed by atoms with Crippen molar-refractivity contribution in [2.45, 2.75) is 150 Å². The van der Waals surface area contributed by atoms with E-state index in [4.69, 9.17) is 0 Å². The van der Waals surface area contributed by atoms with Gasteiger partial charge in [-0.15, -0.1) is 0 Å². The third-order valence-corrected chi connectivity index (χ3v) is 7.13. The highest BCUT2D eigenvalue weighted by molar-refractivity contribution is 4.49. The molecule has 0 aliphatic rings. The summed E-state index contributed by atoms with van der Waals surface area (Å²) < 4.78 is 2.54. The quantitative estimate of drug-likeness (QED) is 0.137. The van der Waals surface area contributed by atoms with Gasteiger partial charge in [-0.1, -0.05) is 112 Å². The summed E-state index contributed by atoms with van der Waals surface area (Å²) in [6, 6.07) is 0. The zero-order valence-corrected chi connectivity index (χ0v) is 27.4. The van der Waals surface area contributed by atoms with Gasteiger partial charge in [0, 0.05) is 0 Å². The molecule has 0 saturated heterocycles. The number of hydrogen-bond donors (Lipinski definition) is 0. The molecular formula is C31H70Cl2N2. The van der Waals surface area contributed by atoms with Gasteiger partial charge in [-0.05, 0) is 38.5 Å². The molecule has 218 valence electrons. The molecule has 0 heterocycles. The van der Waals surface area contributed by atoms with E-state index in [2.05, 4.69) is 55.8 Å². The van der Waals surface area contributed by atoms with Gasteiger partial charge in [0.05, 0.1) is 53.9 Å². The molecule has 0 bridgehead atoms. The summed E-state index contributed by atoms with van der Waals surface area (Å²) in [5.41, 5.74) is 0. The van der Waals surface area contributed by atoms with E-state index in [9.17, 15) is 0 Å². The van der Waals surface area contributed by atoms with E-state index in [-0.39, 0.29) is 24.8 Å². The largest absolute Gasteiger partial charge is 1.00 e. The van der Waals surface area contributed by atoms with Crippen LogP contribution in [0.15, 0.2) is 0 Å². The second-order valence-electron chi connectivity index (χ2n) is 11.8. The van der Waals surface area contributed by atoms with Crippen LogP contribution in [-0.4, -0.2) is 62.8 Å². The van der Waals surface area contributed by atoms with Crippen molar-refractivity contribution in [2.24, 2.45) is 0 Å². The minimum absolute atomic E-state index is 0. The van der Waals surface area contributed by atoms with Crippen LogP contribution in [-0.2, 0) is 0 Å². The van der Waals surface area contributed by atoms with Gasteiger partial charge in [0.25, 0.3) is 0 Å². The van der Waals surface area contributed by atoms with Gasteiger partial charge < -0.3 is 33.8 Å². The van der Waals surface area contributed by atoms with E-state index in [0.29, 0.717) is 0 Å². The molecule has 0 atom stereocenters. The Hall–Kier alpha value is 0.500. The highest BCUT2D eigenvalue weighted by Crippen LogP contribution is 2.16. The maximum atomic E-state index is 2.33. The van der Waals surface area contributed by atoms with Crippen LogP contribution in [0.4, 0.5) is 0 Å². The van der Waals surface area contributed by atoms with Crippen LogP contribution in [0.1, 0.15) is 150 Å². The van der Waals surface area contributed by atoms with Crippen molar-refractivity contribution in [1.82, 2.24) is 0 Å². The Bertz CT molecular complexity index is 332. The van der Waals surface area contributed by atoms with Gasteiger partial charge in [-0.25, -0.2) is 0 Å². The lowest BCUT2D eigenvalue weighted by molar-refractivity contribution is -0.929. The molecule has 0 fully saturated rings. The molecule has 0 N–H and O–H groups in total. The van der Waals surface area contributed by atoms with E-state index >= 15 is 0 Å². The normalized spacial score (nSPS) is 11.3. The molecule has 0 aromatic carbocycles. The van der Waals surface area contributed by atoms with Crippen molar-refractivity contribution in [3.8, 4) is 0 Å². The van der Waals surface area contributed by atoms with Gasteiger partial charge in [-0.3, -0.25) is 0 Å². The first-order chi connectivity index (χ1) is 15.8. The zero-order chi connectivity index (χ0) is 25.3. The topological polar surface area (TPSA) is 0 Å². The van der Waals surface area contributed by atoms with Crippen LogP contribution in [0.5, 0.6) is 0 Å². The Morgan fingerprint density at radius 1 is 0.314 bits per heavy atom. The molecule has 0 rings (SSSR count). The second-order valence-corrected chi connectivity index (χ2v) is 11.8. The lowest BCUT2D eigenvalue weighted by atomic mass is 10.1. The van der Waals surface area contributed by atoms with E-state index in [1.807, 2.05) is 0 Å². The number of quaternary nitrogens is 2. The van der Waals surface area contributed by atoms with Crippen LogP contribution < -0.4 is 24.8 Å². The maximum absolute atomic E-state index is 2.33. The summed E-state index contributed by atoms with van der Waals surface area (Å²) >= 11 is 0. The fraction of sp³-hybridized carbons (Fsp3) is 1.00. The Morgan fingerprint density at radius 3 is 0.829 bits per heavy atom. The fourth-order valence-electron chi connectivity index (χ4n) is 4.72. The van der Waals surface area contributed by atoms with Crippen molar-refractivity contribution < 1.29 is 33.8 Å². The van der Waals surface area contributed by atoms with Crippen LogP contribution in [0.2, 0.25) is 0 Å². The Morgan fingerprint density at radius 2 is 0.571 bits per heavy atom. The molecule has 0 spiro atoms. The minimum atomic E-state index is 0. The van der Waals surface area contributed by atoms with Crippen LogP contribution >= 0.6 is 0 Å². The van der Waals surface area contributed by atoms with Crippen molar-refractivity contribution in [3.05, 3.63) is 0 Å². The summed E-state index contributed by atoms with van der Waals surface area (Å²) in [5, 5.41) is 0. The maximum Gasteiger partial charge on any atom is 0.0786 e. The highest BCUT2D eigenvalue weighted by atomic mass is 35.5. The van der Waals surface area contributed by atoms with Crippen molar-refractivity contribution >= 4 is 0 Å². The lowest BCUT2D eigenvalue weighted by Crippen LogP contribution is -3.00. The first-order valence-corrected chi connectivity index (χ1v) is 15.5.